The van der Waals surface area contributed by atoms with Crippen molar-refractivity contribution in [3.8, 4) is 11.5 Å². The van der Waals surface area contributed by atoms with Gasteiger partial charge in [0.2, 0.25) is 0 Å². The lowest BCUT2D eigenvalue weighted by molar-refractivity contribution is -0.686. The summed E-state index contributed by atoms with van der Waals surface area (Å²) in [5, 5.41) is 2.16. The largest absolute Gasteiger partial charge is 0.493 e. The fraction of sp³-hybridized carbons (Fsp3) is 0.222. The maximum Gasteiger partial charge on any atom is 0.161 e. The van der Waals surface area contributed by atoms with Gasteiger partial charge < -0.3 is 14.8 Å². The molecule has 0 spiro atoms. The molecule has 0 aliphatic carbocycles. The molecule has 0 fully saturated rings. The Morgan fingerprint density at radius 2 is 1.73 bits per heavy atom. The molecule has 0 saturated heterocycles. The highest BCUT2D eigenvalue weighted by atomic mass is 19.1. The van der Waals surface area contributed by atoms with Crippen molar-refractivity contribution in [2.75, 3.05) is 13.7 Å². The van der Waals surface area contributed by atoms with Gasteiger partial charge in [0.25, 0.3) is 0 Å². The van der Waals surface area contributed by atoms with Crippen LogP contribution in [-0.4, -0.2) is 13.7 Å². The van der Waals surface area contributed by atoms with Gasteiger partial charge in [-0.3, -0.25) is 0 Å². The first-order chi connectivity index (χ1) is 10.7. The third-order valence-corrected chi connectivity index (χ3v) is 3.26. The van der Waals surface area contributed by atoms with E-state index in [1.165, 1.54) is 12.1 Å². The molecule has 0 aromatic heterocycles. The molecule has 0 radical (unpaired) electrons. The first-order valence-electron chi connectivity index (χ1n) is 7.19. The van der Waals surface area contributed by atoms with E-state index in [2.05, 4.69) is 11.9 Å². The SMILES string of the molecule is C=CCOc1ccc(C[NH2+]Cc2ccc(F)cc2)cc1OC. The Labute approximate surface area is 130 Å². The van der Waals surface area contributed by atoms with Crippen LogP contribution in [0.15, 0.2) is 55.1 Å². The van der Waals surface area contributed by atoms with E-state index in [0.717, 1.165) is 30.0 Å². The summed E-state index contributed by atoms with van der Waals surface area (Å²) >= 11 is 0. The van der Waals surface area contributed by atoms with Gasteiger partial charge >= 0.3 is 0 Å². The second-order valence-electron chi connectivity index (χ2n) is 4.91. The molecule has 0 heterocycles. The van der Waals surface area contributed by atoms with Crippen LogP contribution >= 0.6 is 0 Å². The number of methoxy groups -OCH3 is 1. The Bertz CT molecular complexity index is 611. The van der Waals surface area contributed by atoms with Crippen molar-refractivity contribution in [3.63, 3.8) is 0 Å². The van der Waals surface area contributed by atoms with E-state index in [-0.39, 0.29) is 5.82 Å². The predicted molar refractivity (Wildman–Crippen MR) is 84.4 cm³/mol. The monoisotopic (exact) mass is 302 g/mol. The van der Waals surface area contributed by atoms with Crippen molar-refractivity contribution in [3.05, 3.63) is 72.1 Å². The Hall–Kier alpha value is -2.33. The van der Waals surface area contributed by atoms with Gasteiger partial charge in [0.15, 0.2) is 11.5 Å². The second kappa shape index (κ2) is 8.20. The van der Waals surface area contributed by atoms with Gasteiger partial charge in [0, 0.05) is 11.1 Å². The van der Waals surface area contributed by atoms with Gasteiger partial charge in [-0.2, -0.15) is 0 Å². The smallest absolute Gasteiger partial charge is 0.161 e. The van der Waals surface area contributed by atoms with E-state index >= 15 is 0 Å². The maximum absolute atomic E-state index is 12.8. The van der Waals surface area contributed by atoms with Crippen LogP contribution in [0.4, 0.5) is 4.39 Å². The molecule has 0 aliphatic rings. The van der Waals surface area contributed by atoms with E-state index < -0.39 is 0 Å². The van der Waals surface area contributed by atoms with Crippen LogP contribution in [0.3, 0.4) is 0 Å². The summed E-state index contributed by atoms with van der Waals surface area (Å²) in [6, 6.07) is 12.5. The topological polar surface area (TPSA) is 35.1 Å². The molecule has 2 aromatic rings. The average molecular weight is 302 g/mol. The third kappa shape index (κ3) is 4.60. The highest BCUT2D eigenvalue weighted by Crippen LogP contribution is 2.27. The molecule has 4 heteroatoms. The Balaban J connectivity index is 1.92. The molecule has 0 aliphatic heterocycles. The molecule has 2 rings (SSSR count). The van der Waals surface area contributed by atoms with Gasteiger partial charge in [0.05, 0.1) is 7.11 Å². The molecule has 0 saturated carbocycles. The molecule has 3 nitrogen and oxygen atoms in total. The molecular weight excluding hydrogens is 281 g/mol. The normalized spacial score (nSPS) is 10.3. The Kier molecular flexibility index (Phi) is 5.98. The first-order valence-corrected chi connectivity index (χ1v) is 7.19. The number of hydrogen-bond donors (Lipinski definition) is 1. The summed E-state index contributed by atoms with van der Waals surface area (Å²) in [7, 11) is 1.63. The molecule has 0 amide bonds. The first kappa shape index (κ1) is 16.0. The number of halogens is 1. The lowest BCUT2D eigenvalue weighted by Gasteiger charge is -2.10. The predicted octanol–water partition coefficient (Wildman–Crippen LogP) is 2.66. The van der Waals surface area contributed by atoms with Crippen molar-refractivity contribution >= 4 is 0 Å². The summed E-state index contributed by atoms with van der Waals surface area (Å²) in [5.41, 5.74) is 2.24. The number of hydrogen-bond acceptors (Lipinski definition) is 2. The fourth-order valence-electron chi connectivity index (χ4n) is 2.13. The number of benzene rings is 2. The van der Waals surface area contributed by atoms with Gasteiger partial charge in [0.1, 0.15) is 25.5 Å². The second-order valence-corrected chi connectivity index (χ2v) is 4.91. The minimum absolute atomic E-state index is 0.205. The van der Waals surface area contributed by atoms with Crippen LogP contribution in [0.5, 0.6) is 11.5 Å². The zero-order valence-electron chi connectivity index (χ0n) is 12.7. The lowest BCUT2D eigenvalue weighted by atomic mass is 10.2. The van der Waals surface area contributed by atoms with Gasteiger partial charge in [-0.15, -0.1) is 0 Å². The standard InChI is InChI=1S/C18H20FNO2/c1-3-10-22-17-9-6-15(11-18(17)21-2)13-20-12-14-4-7-16(19)8-5-14/h3-9,11,20H,1,10,12-13H2,2H3/p+1. The number of quaternary nitrogens is 1. The fourth-order valence-corrected chi connectivity index (χ4v) is 2.13. The highest BCUT2D eigenvalue weighted by molar-refractivity contribution is 5.42. The van der Waals surface area contributed by atoms with Crippen molar-refractivity contribution in [1.29, 1.82) is 0 Å². The zero-order valence-corrected chi connectivity index (χ0v) is 12.7. The summed E-state index contributed by atoms with van der Waals surface area (Å²) in [6.45, 7) is 5.70. The van der Waals surface area contributed by atoms with Crippen molar-refractivity contribution in [1.82, 2.24) is 0 Å². The number of ether oxygens (including phenoxy) is 2. The van der Waals surface area contributed by atoms with Crippen LogP contribution in [-0.2, 0) is 13.1 Å². The van der Waals surface area contributed by atoms with E-state index in [1.54, 1.807) is 25.3 Å². The van der Waals surface area contributed by atoms with E-state index in [4.69, 9.17) is 9.47 Å². The van der Waals surface area contributed by atoms with E-state index in [9.17, 15) is 4.39 Å². The van der Waals surface area contributed by atoms with Crippen molar-refractivity contribution in [2.24, 2.45) is 0 Å². The quantitative estimate of drug-likeness (QED) is 0.761. The molecule has 0 unspecified atom stereocenters. The highest BCUT2D eigenvalue weighted by Gasteiger charge is 2.06. The van der Waals surface area contributed by atoms with Crippen LogP contribution in [0.25, 0.3) is 0 Å². The summed E-state index contributed by atoms with van der Waals surface area (Å²) in [4.78, 5) is 0. The van der Waals surface area contributed by atoms with Crippen molar-refractivity contribution in [2.45, 2.75) is 13.1 Å². The summed E-state index contributed by atoms with van der Waals surface area (Å²) in [5.74, 6) is 1.22. The summed E-state index contributed by atoms with van der Waals surface area (Å²) < 4.78 is 23.7. The Morgan fingerprint density at radius 3 is 2.41 bits per heavy atom. The Morgan fingerprint density at radius 1 is 1.05 bits per heavy atom. The minimum Gasteiger partial charge on any atom is -0.493 e. The lowest BCUT2D eigenvalue weighted by Crippen LogP contribution is -2.80. The molecule has 2 N–H and O–H groups in total. The third-order valence-electron chi connectivity index (χ3n) is 3.26. The molecule has 22 heavy (non-hydrogen) atoms. The molecule has 0 bridgehead atoms. The van der Waals surface area contributed by atoms with Gasteiger partial charge in [-0.05, 0) is 30.3 Å². The van der Waals surface area contributed by atoms with E-state index in [0.29, 0.717) is 12.4 Å². The maximum atomic E-state index is 12.8. The van der Waals surface area contributed by atoms with E-state index in [1.807, 2.05) is 18.2 Å². The van der Waals surface area contributed by atoms with Crippen molar-refractivity contribution < 1.29 is 19.2 Å². The average Bonchev–Trinajstić information content (AvgIpc) is 2.55. The van der Waals surface area contributed by atoms with Crippen LogP contribution in [0, 0.1) is 5.82 Å². The van der Waals surface area contributed by atoms with Gasteiger partial charge in [-0.25, -0.2) is 4.39 Å². The van der Waals surface area contributed by atoms with Crippen LogP contribution < -0.4 is 14.8 Å². The zero-order chi connectivity index (χ0) is 15.8. The molecule has 116 valence electrons. The molecule has 2 aromatic carbocycles. The minimum atomic E-state index is -0.205. The van der Waals surface area contributed by atoms with Gasteiger partial charge in [-0.1, -0.05) is 24.8 Å². The van der Waals surface area contributed by atoms with Crippen LogP contribution in [0.2, 0.25) is 0 Å². The molecule has 0 atom stereocenters. The molecular formula is C18H21FNO2+. The van der Waals surface area contributed by atoms with Crippen LogP contribution in [0.1, 0.15) is 11.1 Å². The number of rotatable bonds is 8. The summed E-state index contributed by atoms with van der Waals surface area (Å²) in [6.07, 6.45) is 1.70. The number of nitrogens with two attached hydrogens (primary N) is 1.